The maximum absolute atomic E-state index is 4.17. The Morgan fingerprint density at radius 1 is 1.35 bits per heavy atom. The maximum Gasteiger partial charge on any atom is 0.0759 e. The van der Waals surface area contributed by atoms with Crippen molar-refractivity contribution >= 4 is 0 Å². The van der Waals surface area contributed by atoms with Crippen LogP contribution in [-0.4, -0.2) is 21.5 Å². The van der Waals surface area contributed by atoms with Crippen molar-refractivity contribution < 1.29 is 0 Å². The highest BCUT2D eigenvalue weighted by Crippen LogP contribution is 2.57. The Labute approximate surface area is 103 Å². The number of nitrogens with one attached hydrogen (secondary N) is 1. The van der Waals surface area contributed by atoms with E-state index in [2.05, 4.69) is 29.5 Å². The first-order chi connectivity index (χ1) is 8.33. The summed E-state index contributed by atoms with van der Waals surface area (Å²) in [6.45, 7) is 6.25. The van der Waals surface area contributed by atoms with Crippen molar-refractivity contribution in [2.24, 2.45) is 17.8 Å². The van der Waals surface area contributed by atoms with E-state index in [-0.39, 0.29) is 0 Å². The lowest BCUT2D eigenvalue weighted by Gasteiger charge is -2.25. The molecule has 1 heterocycles. The number of fused-ring (bicyclic) bond motifs is 1. The fourth-order valence-electron chi connectivity index (χ4n) is 3.52. The van der Waals surface area contributed by atoms with Gasteiger partial charge in [-0.05, 0) is 50.5 Å². The zero-order valence-electron chi connectivity index (χ0n) is 10.8. The van der Waals surface area contributed by atoms with Gasteiger partial charge in [0.1, 0.15) is 0 Å². The molecule has 3 atom stereocenters. The molecule has 0 aliphatic heterocycles. The van der Waals surface area contributed by atoms with Crippen LogP contribution >= 0.6 is 0 Å². The van der Waals surface area contributed by atoms with E-state index in [1.807, 2.05) is 10.9 Å². The van der Waals surface area contributed by atoms with Crippen molar-refractivity contribution in [3.8, 4) is 0 Å². The zero-order valence-corrected chi connectivity index (χ0v) is 10.8. The number of aryl methyl sites for hydroxylation is 1. The first-order valence-electron chi connectivity index (χ1n) is 6.95. The third-order valence-electron chi connectivity index (χ3n) is 4.44. The standard InChI is InChI=1S/C13H22N4/c1-3-14-13(11-6-9-5-10(9)7-11)12-8-15-16-17(12)4-2/h8-11,13-14H,3-7H2,1-2H3. The van der Waals surface area contributed by atoms with Gasteiger partial charge >= 0.3 is 0 Å². The van der Waals surface area contributed by atoms with Gasteiger partial charge in [-0.2, -0.15) is 0 Å². The van der Waals surface area contributed by atoms with Gasteiger partial charge in [0, 0.05) is 6.54 Å². The molecular weight excluding hydrogens is 212 g/mol. The quantitative estimate of drug-likeness (QED) is 0.847. The van der Waals surface area contributed by atoms with Crippen LogP contribution in [0.2, 0.25) is 0 Å². The predicted octanol–water partition coefficient (Wildman–Crippen LogP) is 1.99. The predicted molar refractivity (Wildman–Crippen MR) is 66.4 cm³/mol. The van der Waals surface area contributed by atoms with E-state index < -0.39 is 0 Å². The molecule has 1 aromatic heterocycles. The molecule has 2 fully saturated rings. The van der Waals surface area contributed by atoms with E-state index in [4.69, 9.17) is 0 Å². The van der Waals surface area contributed by atoms with E-state index in [1.54, 1.807) is 0 Å². The van der Waals surface area contributed by atoms with Crippen molar-refractivity contribution in [2.75, 3.05) is 6.54 Å². The Bertz CT molecular complexity index is 377. The number of aromatic nitrogens is 3. The number of nitrogens with zero attached hydrogens (tertiary/aromatic N) is 3. The Morgan fingerprint density at radius 3 is 2.76 bits per heavy atom. The van der Waals surface area contributed by atoms with Crippen LogP contribution in [0.25, 0.3) is 0 Å². The Kier molecular flexibility index (Phi) is 2.90. The van der Waals surface area contributed by atoms with Crippen LogP contribution in [0.1, 0.15) is 44.8 Å². The van der Waals surface area contributed by atoms with Gasteiger partial charge in [0.15, 0.2) is 0 Å². The summed E-state index contributed by atoms with van der Waals surface area (Å²) in [4.78, 5) is 0. The minimum Gasteiger partial charge on any atom is -0.309 e. The van der Waals surface area contributed by atoms with Gasteiger partial charge in [0.2, 0.25) is 0 Å². The first kappa shape index (κ1) is 11.2. The van der Waals surface area contributed by atoms with Gasteiger partial charge in [-0.15, -0.1) is 5.10 Å². The molecule has 3 unspecified atom stereocenters. The third-order valence-corrected chi connectivity index (χ3v) is 4.44. The molecule has 4 heteroatoms. The highest BCUT2D eigenvalue weighted by molar-refractivity contribution is 5.09. The van der Waals surface area contributed by atoms with Gasteiger partial charge < -0.3 is 5.32 Å². The first-order valence-corrected chi connectivity index (χ1v) is 6.95. The summed E-state index contributed by atoms with van der Waals surface area (Å²) in [5.74, 6) is 2.86. The second kappa shape index (κ2) is 4.41. The molecular formula is C13H22N4. The molecule has 1 aromatic rings. The fraction of sp³-hybridized carbons (Fsp3) is 0.846. The van der Waals surface area contributed by atoms with Crippen molar-refractivity contribution in [3.63, 3.8) is 0 Å². The van der Waals surface area contributed by atoms with Crippen molar-refractivity contribution in [1.29, 1.82) is 0 Å². The molecule has 17 heavy (non-hydrogen) atoms. The molecule has 0 spiro atoms. The summed E-state index contributed by atoms with van der Waals surface area (Å²) in [5.41, 5.74) is 1.28. The van der Waals surface area contributed by atoms with Crippen molar-refractivity contribution in [3.05, 3.63) is 11.9 Å². The van der Waals surface area contributed by atoms with E-state index in [0.717, 1.165) is 30.8 Å². The lowest BCUT2D eigenvalue weighted by Crippen LogP contribution is -2.29. The Morgan fingerprint density at radius 2 is 2.12 bits per heavy atom. The van der Waals surface area contributed by atoms with Gasteiger partial charge in [-0.1, -0.05) is 12.1 Å². The lowest BCUT2D eigenvalue weighted by atomic mass is 9.92. The molecule has 0 amide bonds. The SMILES string of the molecule is CCNC(c1cnnn1CC)C1CC2CC2C1. The maximum atomic E-state index is 4.17. The van der Waals surface area contributed by atoms with Crippen LogP contribution in [-0.2, 0) is 6.54 Å². The molecule has 94 valence electrons. The zero-order chi connectivity index (χ0) is 11.8. The second-order valence-electron chi connectivity index (χ2n) is 5.50. The topological polar surface area (TPSA) is 42.7 Å². The molecule has 1 N–H and O–H groups in total. The minimum absolute atomic E-state index is 0.461. The average Bonchev–Trinajstić information content (AvgIpc) is 2.81. The van der Waals surface area contributed by atoms with E-state index in [0.29, 0.717) is 6.04 Å². The number of hydrogen-bond acceptors (Lipinski definition) is 3. The lowest BCUT2D eigenvalue weighted by molar-refractivity contribution is 0.328. The highest BCUT2D eigenvalue weighted by Gasteiger charge is 2.48. The number of rotatable bonds is 5. The van der Waals surface area contributed by atoms with Gasteiger partial charge in [-0.25, -0.2) is 4.68 Å². The molecule has 4 nitrogen and oxygen atoms in total. The molecule has 0 aromatic carbocycles. The normalized spacial score (nSPS) is 32.5. The minimum atomic E-state index is 0.461. The van der Waals surface area contributed by atoms with Gasteiger partial charge in [0.05, 0.1) is 17.9 Å². The smallest absolute Gasteiger partial charge is 0.0759 e. The monoisotopic (exact) mass is 234 g/mol. The van der Waals surface area contributed by atoms with E-state index in [9.17, 15) is 0 Å². The molecule has 2 aliphatic carbocycles. The van der Waals surface area contributed by atoms with E-state index >= 15 is 0 Å². The molecule has 2 aliphatic rings. The Hall–Kier alpha value is -0.900. The Balaban J connectivity index is 1.79. The summed E-state index contributed by atoms with van der Waals surface area (Å²) < 4.78 is 2.04. The van der Waals surface area contributed by atoms with Crippen molar-refractivity contribution in [1.82, 2.24) is 20.3 Å². The fourth-order valence-corrected chi connectivity index (χ4v) is 3.52. The van der Waals surface area contributed by atoms with E-state index in [1.165, 1.54) is 25.0 Å². The largest absolute Gasteiger partial charge is 0.309 e. The van der Waals surface area contributed by atoms with Gasteiger partial charge in [0.25, 0.3) is 0 Å². The molecule has 2 saturated carbocycles. The second-order valence-corrected chi connectivity index (χ2v) is 5.50. The highest BCUT2D eigenvalue weighted by atomic mass is 15.4. The van der Waals surface area contributed by atoms with Crippen LogP contribution in [0.5, 0.6) is 0 Å². The van der Waals surface area contributed by atoms with Crippen LogP contribution in [0.4, 0.5) is 0 Å². The average molecular weight is 234 g/mol. The molecule has 0 radical (unpaired) electrons. The summed E-state index contributed by atoms with van der Waals surface area (Å²) in [6.07, 6.45) is 6.23. The molecule has 0 saturated heterocycles. The van der Waals surface area contributed by atoms with Crippen LogP contribution in [0.3, 0.4) is 0 Å². The summed E-state index contributed by atoms with van der Waals surface area (Å²) in [5, 5.41) is 11.9. The van der Waals surface area contributed by atoms with Crippen LogP contribution < -0.4 is 5.32 Å². The van der Waals surface area contributed by atoms with Crippen LogP contribution in [0, 0.1) is 17.8 Å². The molecule has 0 bridgehead atoms. The van der Waals surface area contributed by atoms with Crippen molar-refractivity contribution in [2.45, 2.75) is 45.7 Å². The molecule has 3 rings (SSSR count). The number of hydrogen-bond donors (Lipinski definition) is 1. The summed E-state index contributed by atoms with van der Waals surface area (Å²) in [6, 6.07) is 0.461. The summed E-state index contributed by atoms with van der Waals surface area (Å²) >= 11 is 0. The third kappa shape index (κ3) is 1.99. The summed E-state index contributed by atoms with van der Waals surface area (Å²) in [7, 11) is 0. The van der Waals surface area contributed by atoms with Crippen LogP contribution in [0.15, 0.2) is 6.20 Å². The van der Waals surface area contributed by atoms with Gasteiger partial charge in [-0.3, -0.25) is 0 Å².